The summed E-state index contributed by atoms with van der Waals surface area (Å²) in [7, 11) is -0.330. The van der Waals surface area contributed by atoms with E-state index in [0.29, 0.717) is 6.42 Å². The van der Waals surface area contributed by atoms with Gasteiger partial charge < -0.3 is 16.9 Å². The number of thiol groups is 1. The second-order valence-corrected chi connectivity index (χ2v) is 14.9. The van der Waals surface area contributed by atoms with Crippen molar-refractivity contribution in [3.05, 3.63) is 144 Å². The molecule has 0 saturated heterocycles. The number of hydrogen-bond acceptors (Lipinski definition) is 7. The molecule has 0 amide bonds. The van der Waals surface area contributed by atoms with Crippen molar-refractivity contribution in [1.29, 1.82) is 10.5 Å². The number of benzene rings is 4. The van der Waals surface area contributed by atoms with Gasteiger partial charge in [-0.05, 0) is 179 Å². The number of hydrogen-bond donors (Lipinski definition) is 4. The summed E-state index contributed by atoms with van der Waals surface area (Å²) in [4.78, 5) is 10.5. The first kappa shape index (κ1) is 60.6. The van der Waals surface area contributed by atoms with Gasteiger partial charge in [0, 0.05) is 5.33 Å². The summed E-state index contributed by atoms with van der Waals surface area (Å²) in [5, 5.41) is 24.4. The van der Waals surface area contributed by atoms with Gasteiger partial charge in [0.05, 0.1) is 18.9 Å². The van der Waals surface area contributed by atoms with E-state index in [4.69, 9.17) is 39.7 Å². The van der Waals surface area contributed by atoms with Gasteiger partial charge in [0.2, 0.25) is 0 Å². The van der Waals surface area contributed by atoms with E-state index in [-0.39, 0.29) is 36.0 Å². The third-order valence-corrected chi connectivity index (χ3v) is 9.33. The molecule has 4 aromatic rings. The molecule has 9 nitrogen and oxygen atoms in total. The standard InChI is InChI=1S/C11H13N.C11H14O2.C10H13Br.C10H14.CN.BHNS.Na.H2O4S/c1-8-6-10(3)11(4-5-12)7-9(8)2;1-7-4-9(3)10(5-8(7)2)6-11(12)13;1-7-4-9(3)10(6-11)5-8(7)2;1-7-5-9(3)10(4)6-8(7)2;1-2;1-2-3;;1-5(2,3)4/h6-7H,4H2,1-3H3;4-5H,6H2,1-3H3,(H,12,13);4-5H,6H2,1-3H3;5-6H,1-4H3;;3H;;(H2,1,2,3,4)/q;;;;-1;;+1;. The molecule has 0 unspecified atom stereocenters. The number of carbonyl (C=O) groups is 1. The summed E-state index contributed by atoms with van der Waals surface area (Å²) in [5.74, 6) is -0.772. The molecule has 0 bridgehead atoms. The van der Waals surface area contributed by atoms with Crippen molar-refractivity contribution >= 4 is 52.8 Å². The Bertz CT molecular complexity index is 2010. The first-order valence-corrected chi connectivity index (χ1v) is 20.1. The first-order valence-electron chi connectivity index (χ1n) is 17.2. The summed E-state index contributed by atoms with van der Waals surface area (Å²) in [5.41, 5.74) is 20.4. The van der Waals surface area contributed by atoms with Crippen LogP contribution in [0.15, 0.2) is 52.8 Å². The van der Waals surface area contributed by atoms with Crippen LogP contribution >= 0.6 is 28.7 Å². The zero-order chi connectivity index (χ0) is 44.5. The van der Waals surface area contributed by atoms with Gasteiger partial charge in [0.15, 0.2) is 0 Å². The summed E-state index contributed by atoms with van der Waals surface area (Å²) < 4.78 is 34.3. The Hall–Kier alpha value is -3.11. The van der Waals surface area contributed by atoms with Crippen LogP contribution in [0.25, 0.3) is 0 Å². The molecule has 0 spiro atoms. The van der Waals surface area contributed by atoms with Gasteiger partial charge in [-0.25, -0.2) is 0 Å². The van der Waals surface area contributed by atoms with Crippen molar-refractivity contribution < 1.29 is 57.0 Å². The number of aryl methyl sites for hydroxylation is 13. The Morgan fingerprint density at radius 3 is 1.11 bits per heavy atom. The van der Waals surface area contributed by atoms with Crippen LogP contribution in [0.5, 0.6) is 0 Å². The molecule has 1 radical (unpaired) electrons. The van der Waals surface area contributed by atoms with E-state index >= 15 is 0 Å². The monoisotopic (exact) mass is 888 g/mol. The number of carboxylic acid groups (broad SMARTS) is 1. The van der Waals surface area contributed by atoms with Crippen molar-refractivity contribution in [2.75, 3.05) is 0 Å². The number of rotatable bonds is 4. The Labute approximate surface area is 380 Å². The molecule has 303 valence electrons. The number of nitriles is 1. The molecule has 14 heteroatoms. The number of carboxylic acids is 1. The van der Waals surface area contributed by atoms with E-state index in [2.05, 4.69) is 152 Å². The second-order valence-electron chi connectivity index (χ2n) is 13.2. The molecule has 0 atom stereocenters. The first-order chi connectivity index (χ1) is 25.8. The molecular weight excluding hydrogens is 832 g/mol. The fraction of sp³-hybridized carbons (Fsp3) is 0.372. The van der Waals surface area contributed by atoms with Crippen LogP contribution in [0.3, 0.4) is 0 Å². The molecule has 0 aliphatic heterocycles. The third-order valence-electron chi connectivity index (χ3n) is 8.72. The van der Waals surface area contributed by atoms with Gasteiger partial charge in [0.25, 0.3) is 0 Å². The fourth-order valence-electron chi connectivity index (χ4n) is 4.94. The molecule has 57 heavy (non-hydrogen) atoms. The number of halogens is 1. The Morgan fingerprint density at radius 2 is 0.842 bits per heavy atom. The third kappa shape index (κ3) is 28.0. The van der Waals surface area contributed by atoms with Crippen LogP contribution in [0, 0.1) is 113 Å². The van der Waals surface area contributed by atoms with E-state index < -0.39 is 16.4 Å². The van der Waals surface area contributed by atoms with Crippen LogP contribution in [-0.2, 0) is 33.4 Å². The Balaban J connectivity index is -0.000000304. The fourth-order valence-corrected chi connectivity index (χ4v) is 5.54. The van der Waals surface area contributed by atoms with Crippen LogP contribution in [-0.4, -0.2) is 36.2 Å². The number of alkyl halides is 1. The normalized spacial score (nSPS) is 9.28. The van der Waals surface area contributed by atoms with E-state index in [9.17, 15) is 4.79 Å². The van der Waals surface area contributed by atoms with Crippen LogP contribution < -0.4 is 29.6 Å². The zero-order valence-corrected chi connectivity index (χ0v) is 41.3. The minimum atomic E-state index is -4.67. The molecule has 3 N–H and O–H groups in total. The molecule has 0 aliphatic carbocycles. The molecule has 0 saturated carbocycles. The summed E-state index contributed by atoms with van der Waals surface area (Å²) in [6, 6.07) is 19.4. The van der Waals surface area contributed by atoms with E-state index in [0.717, 1.165) is 27.6 Å². The predicted octanol–water partition coefficient (Wildman–Crippen LogP) is 7.97. The maximum absolute atomic E-state index is 10.5. The van der Waals surface area contributed by atoms with Crippen molar-refractivity contribution in [1.82, 2.24) is 0 Å². The van der Waals surface area contributed by atoms with Gasteiger partial charge in [-0.3, -0.25) is 13.9 Å². The van der Waals surface area contributed by atoms with Crippen LogP contribution in [0.4, 0.5) is 0 Å². The summed E-state index contributed by atoms with van der Waals surface area (Å²) in [6.07, 6.45) is 0.639. The largest absolute Gasteiger partial charge is 1.00 e. The van der Waals surface area contributed by atoms with Crippen molar-refractivity contribution in [3.8, 4) is 6.07 Å². The van der Waals surface area contributed by atoms with Gasteiger partial charge in [-0.1, -0.05) is 64.5 Å². The number of nitrogens with zero attached hydrogens (tertiary/aromatic N) is 3. The molecule has 4 rings (SSSR count). The predicted molar refractivity (Wildman–Crippen MR) is 237 cm³/mol. The smallest absolute Gasteiger partial charge is 0.512 e. The molecular formula is C43H57BBrN3NaO6S2. The van der Waals surface area contributed by atoms with Crippen molar-refractivity contribution in [3.63, 3.8) is 0 Å². The number of aliphatic carboxylic acids is 1. The van der Waals surface area contributed by atoms with E-state index in [1.54, 1.807) is 0 Å². The van der Waals surface area contributed by atoms with Crippen molar-refractivity contribution in [2.24, 2.45) is 4.30 Å². The average molecular weight is 890 g/mol. The zero-order valence-electron chi connectivity index (χ0n) is 36.0. The van der Waals surface area contributed by atoms with Gasteiger partial charge in [-0.2, -0.15) is 13.7 Å². The maximum atomic E-state index is 10.5. The van der Waals surface area contributed by atoms with Gasteiger partial charge in [0.1, 0.15) is 0 Å². The minimum Gasteiger partial charge on any atom is -0.512 e. The topological polar surface area (TPSA) is 172 Å². The van der Waals surface area contributed by atoms with Crippen molar-refractivity contribution in [2.45, 2.75) is 108 Å². The summed E-state index contributed by atoms with van der Waals surface area (Å²) in [6.45, 7) is 32.0. The summed E-state index contributed by atoms with van der Waals surface area (Å²) >= 11 is 6.66. The van der Waals surface area contributed by atoms with Crippen LogP contribution in [0.2, 0.25) is 0 Å². The van der Waals surface area contributed by atoms with Crippen LogP contribution in [0.1, 0.15) is 89.0 Å². The Kier molecular flexibility index (Phi) is 33.8. The quantitative estimate of drug-likeness (QED) is 0.0526. The van der Waals surface area contributed by atoms with Gasteiger partial charge in [-0.15, -0.1) is 0 Å². The van der Waals surface area contributed by atoms with E-state index in [1.165, 1.54) is 66.8 Å². The maximum Gasteiger partial charge on any atom is 1.00 e. The second kappa shape index (κ2) is 31.8. The molecule has 4 aromatic carbocycles. The minimum absolute atomic E-state index is 0. The molecule has 0 fully saturated rings. The molecule has 0 aromatic heterocycles. The average Bonchev–Trinajstić information content (AvgIpc) is 3.08. The SMILES string of the molecule is Cc1cc(C)c(C)cc1C.Cc1cc(C)c(CBr)cc1C.Cc1cc(C)c(CC#N)cc1C.Cc1cc(C)c(CC(=O)O)cc1C.O=S(=O)(O)O.[B]=NS.[C-]#N.[Na+]. The Morgan fingerprint density at radius 1 is 0.632 bits per heavy atom. The van der Waals surface area contributed by atoms with Gasteiger partial charge >= 0.3 is 70.7 Å². The van der Waals surface area contributed by atoms with E-state index in [1.807, 2.05) is 32.9 Å². The molecule has 0 heterocycles. The molecule has 0 aliphatic rings.